The Balaban J connectivity index is 2.09. The second-order valence-electron chi connectivity index (χ2n) is 4.16. The van der Waals surface area contributed by atoms with Crippen LogP contribution in [0.4, 0.5) is 11.4 Å². The number of rotatable bonds is 3. The monoisotopic (exact) mass is 236 g/mol. The topological polar surface area (TPSA) is 64.4 Å². The number of hydrogen-bond acceptors (Lipinski definition) is 4. The van der Waals surface area contributed by atoms with Gasteiger partial charge in [0.1, 0.15) is 5.69 Å². The highest BCUT2D eigenvalue weighted by atomic mass is 16.6. The SMILES string of the molecule is O=[N+]([O-])c1ccccc1N[C@@H]1CCCOCC1. The molecule has 0 aromatic heterocycles. The van der Waals surface area contributed by atoms with Gasteiger partial charge in [-0.2, -0.15) is 0 Å². The molecule has 1 heterocycles. The van der Waals surface area contributed by atoms with Crippen molar-refractivity contribution < 1.29 is 9.66 Å². The van der Waals surface area contributed by atoms with Crippen LogP contribution in [-0.2, 0) is 4.74 Å². The highest BCUT2D eigenvalue weighted by molar-refractivity contribution is 5.61. The van der Waals surface area contributed by atoms with Gasteiger partial charge in [-0.3, -0.25) is 10.1 Å². The first-order valence-electron chi connectivity index (χ1n) is 5.85. The Morgan fingerprint density at radius 2 is 2.12 bits per heavy atom. The summed E-state index contributed by atoms with van der Waals surface area (Å²) in [6.45, 7) is 1.51. The van der Waals surface area contributed by atoms with Gasteiger partial charge in [-0.1, -0.05) is 12.1 Å². The molecule has 1 atom stereocenters. The molecule has 1 aliphatic heterocycles. The van der Waals surface area contributed by atoms with Gasteiger partial charge in [0.25, 0.3) is 5.69 Å². The summed E-state index contributed by atoms with van der Waals surface area (Å²) in [5.41, 5.74) is 0.738. The Kier molecular flexibility index (Phi) is 3.93. The lowest BCUT2D eigenvalue weighted by atomic mass is 10.1. The molecule has 1 aromatic rings. The van der Waals surface area contributed by atoms with Crippen LogP contribution in [0.3, 0.4) is 0 Å². The summed E-state index contributed by atoms with van der Waals surface area (Å²) in [7, 11) is 0. The van der Waals surface area contributed by atoms with Gasteiger partial charge in [0.2, 0.25) is 0 Å². The molecule has 1 saturated heterocycles. The molecule has 0 aliphatic carbocycles. The minimum atomic E-state index is -0.352. The normalized spacial score (nSPS) is 20.6. The molecule has 5 heteroatoms. The number of para-hydroxylation sites is 2. The number of hydrogen-bond donors (Lipinski definition) is 1. The third kappa shape index (κ3) is 3.17. The number of nitro groups is 1. The van der Waals surface area contributed by atoms with Crippen LogP contribution in [0.15, 0.2) is 24.3 Å². The van der Waals surface area contributed by atoms with Crippen LogP contribution in [-0.4, -0.2) is 24.2 Å². The fraction of sp³-hybridized carbons (Fsp3) is 0.500. The number of benzene rings is 1. The van der Waals surface area contributed by atoms with Crippen LogP contribution >= 0.6 is 0 Å². The molecule has 1 fully saturated rings. The highest BCUT2D eigenvalue weighted by Gasteiger charge is 2.17. The van der Waals surface area contributed by atoms with Crippen LogP contribution in [0.25, 0.3) is 0 Å². The van der Waals surface area contributed by atoms with Crippen molar-refractivity contribution in [2.24, 2.45) is 0 Å². The second kappa shape index (κ2) is 5.63. The van der Waals surface area contributed by atoms with Crippen molar-refractivity contribution in [3.8, 4) is 0 Å². The van der Waals surface area contributed by atoms with Gasteiger partial charge in [0.05, 0.1) is 4.92 Å². The maximum Gasteiger partial charge on any atom is 0.292 e. The summed E-state index contributed by atoms with van der Waals surface area (Å²) < 4.78 is 5.37. The number of nitro benzene ring substituents is 1. The smallest absolute Gasteiger partial charge is 0.292 e. The Hall–Kier alpha value is -1.62. The molecule has 92 valence electrons. The first kappa shape index (κ1) is 11.9. The fourth-order valence-corrected chi connectivity index (χ4v) is 2.02. The molecule has 5 nitrogen and oxygen atoms in total. The predicted molar refractivity (Wildman–Crippen MR) is 65.2 cm³/mol. The van der Waals surface area contributed by atoms with Crippen LogP contribution in [0.2, 0.25) is 0 Å². The largest absolute Gasteiger partial charge is 0.381 e. The zero-order valence-corrected chi connectivity index (χ0v) is 9.59. The first-order valence-corrected chi connectivity index (χ1v) is 5.85. The molecular weight excluding hydrogens is 220 g/mol. The van der Waals surface area contributed by atoms with Crippen molar-refractivity contribution in [3.05, 3.63) is 34.4 Å². The molecular formula is C12H16N2O3. The molecule has 1 aliphatic rings. The Morgan fingerprint density at radius 1 is 1.29 bits per heavy atom. The summed E-state index contributed by atoms with van der Waals surface area (Å²) in [6, 6.07) is 7.03. The van der Waals surface area contributed by atoms with Crippen LogP contribution in [0, 0.1) is 10.1 Å². The lowest BCUT2D eigenvalue weighted by molar-refractivity contribution is -0.384. The summed E-state index contributed by atoms with van der Waals surface area (Å²) in [6.07, 6.45) is 2.89. The molecule has 0 spiro atoms. The summed E-state index contributed by atoms with van der Waals surface area (Å²) in [4.78, 5) is 10.5. The zero-order valence-electron chi connectivity index (χ0n) is 9.59. The van der Waals surface area contributed by atoms with Gasteiger partial charge in [-0.25, -0.2) is 0 Å². The molecule has 0 bridgehead atoms. The van der Waals surface area contributed by atoms with Crippen molar-refractivity contribution in [2.45, 2.75) is 25.3 Å². The van der Waals surface area contributed by atoms with E-state index in [1.165, 1.54) is 6.07 Å². The summed E-state index contributed by atoms with van der Waals surface area (Å²) >= 11 is 0. The molecule has 0 amide bonds. The third-order valence-corrected chi connectivity index (χ3v) is 2.91. The quantitative estimate of drug-likeness (QED) is 0.647. The van der Waals surface area contributed by atoms with E-state index >= 15 is 0 Å². The van der Waals surface area contributed by atoms with Gasteiger partial charge >= 0.3 is 0 Å². The van der Waals surface area contributed by atoms with Crippen LogP contribution in [0.1, 0.15) is 19.3 Å². The van der Waals surface area contributed by atoms with E-state index in [9.17, 15) is 10.1 Å². The third-order valence-electron chi connectivity index (χ3n) is 2.91. The van der Waals surface area contributed by atoms with E-state index in [2.05, 4.69) is 5.32 Å². The molecule has 1 aromatic carbocycles. The molecule has 0 radical (unpaired) electrons. The Labute approximate surface area is 99.9 Å². The maximum absolute atomic E-state index is 10.9. The summed E-state index contributed by atoms with van der Waals surface area (Å²) in [5.74, 6) is 0. The standard InChI is InChI=1S/C12H16N2O3/c15-14(16)12-6-2-1-5-11(12)13-10-4-3-8-17-9-7-10/h1-2,5-6,10,13H,3-4,7-9H2/t10-/m1/s1. The maximum atomic E-state index is 10.9. The number of ether oxygens (including phenoxy) is 1. The van der Waals surface area contributed by atoms with Gasteiger partial charge in [-0.15, -0.1) is 0 Å². The van der Waals surface area contributed by atoms with Crippen LogP contribution in [0.5, 0.6) is 0 Å². The minimum Gasteiger partial charge on any atom is -0.381 e. The van der Waals surface area contributed by atoms with E-state index < -0.39 is 0 Å². The number of nitrogens with zero attached hydrogens (tertiary/aromatic N) is 1. The number of nitrogens with one attached hydrogen (secondary N) is 1. The molecule has 0 saturated carbocycles. The zero-order chi connectivity index (χ0) is 12.1. The summed E-state index contributed by atoms with van der Waals surface area (Å²) in [5, 5.41) is 14.1. The fourth-order valence-electron chi connectivity index (χ4n) is 2.02. The predicted octanol–water partition coefficient (Wildman–Crippen LogP) is 2.58. The van der Waals surface area contributed by atoms with E-state index in [1.54, 1.807) is 12.1 Å². The van der Waals surface area contributed by atoms with Crippen molar-refractivity contribution >= 4 is 11.4 Å². The minimum absolute atomic E-state index is 0.137. The van der Waals surface area contributed by atoms with Gasteiger partial charge < -0.3 is 10.1 Å². The van der Waals surface area contributed by atoms with Crippen molar-refractivity contribution in [3.63, 3.8) is 0 Å². The molecule has 2 rings (SSSR count). The average molecular weight is 236 g/mol. The van der Waals surface area contributed by atoms with Gasteiger partial charge in [0, 0.05) is 25.3 Å². The van der Waals surface area contributed by atoms with E-state index in [-0.39, 0.29) is 16.7 Å². The molecule has 1 N–H and O–H groups in total. The van der Waals surface area contributed by atoms with Crippen molar-refractivity contribution in [1.29, 1.82) is 0 Å². The first-order chi connectivity index (χ1) is 8.27. The van der Waals surface area contributed by atoms with Crippen molar-refractivity contribution in [2.75, 3.05) is 18.5 Å². The highest BCUT2D eigenvalue weighted by Crippen LogP contribution is 2.25. The number of anilines is 1. The van der Waals surface area contributed by atoms with E-state index in [1.807, 2.05) is 6.07 Å². The molecule has 0 unspecified atom stereocenters. The van der Waals surface area contributed by atoms with E-state index in [4.69, 9.17) is 4.74 Å². The second-order valence-corrected chi connectivity index (χ2v) is 4.16. The molecule has 17 heavy (non-hydrogen) atoms. The van der Waals surface area contributed by atoms with Gasteiger partial charge in [0.15, 0.2) is 0 Å². The lowest BCUT2D eigenvalue weighted by Gasteiger charge is -2.16. The lowest BCUT2D eigenvalue weighted by Crippen LogP contribution is -2.20. The van der Waals surface area contributed by atoms with E-state index in [0.717, 1.165) is 32.5 Å². The van der Waals surface area contributed by atoms with Crippen LogP contribution < -0.4 is 5.32 Å². The average Bonchev–Trinajstić information content (AvgIpc) is 2.58. The van der Waals surface area contributed by atoms with Crippen molar-refractivity contribution in [1.82, 2.24) is 0 Å². The van der Waals surface area contributed by atoms with E-state index in [0.29, 0.717) is 5.69 Å². The Morgan fingerprint density at radius 3 is 2.94 bits per heavy atom. The Bertz CT molecular complexity index is 387. The van der Waals surface area contributed by atoms with Gasteiger partial charge in [-0.05, 0) is 25.3 Å².